The minimum Gasteiger partial charge on any atom is -0.298 e. The van der Waals surface area contributed by atoms with E-state index >= 15 is 0 Å². The first-order valence-corrected chi connectivity index (χ1v) is 3.63. The predicted octanol–water partition coefficient (Wildman–Crippen LogP) is 2.19. The number of hydrogen-bond donors (Lipinski definition) is 1. The van der Waals surface area contributed by atoms with Gasteiger partial charge in [0.15, 0.2) is 0 Å². The zero-order valence-corrected chi connectivity index (χ0v) is 6.84. The van der Waals surface area contributed by atoms with Gasteiger partial charge in [0, 0.05) is 10.5 Å². The van der Waals surface area contributed by atoms with Crippen molar-refractivity contribution in [1.82, 2.24) is 0 Å². The second-order valence-corrected chi connectivity index (χ2v) is 2.64. The molecule has 1 aromatic carbocycles. The van der Waals surface area contributed by atoms with Gasteiger partial charge in [-0.3, -0.25) is 4.79 Å². The van der Waals surface area contributed by atoms with Crippen LogP contribution in [0.25, 0.3) is 5.57 Å². The van der Waals surface area contributed by atoms with Crippen LogP contribution in [0.2, 0.25) is 0 Å². The van der Waals surface area contributed by atoms with Crippen molar-refractivity contribution in [1.29, 1.82) is 0 Å². The van der Waals surface area contributed by atoms with E-state index in [0.717, 1.165) is 16.7 Å². The number of carbonyl (C=O) groups excluding carboxylic acids is 1. The van der Waals surface area contributed by atoms with Gasteiger partial charge in [-0.05, 0) is 11.6 Å². The Bertz CT molecular complexity index is 291. The lowest BCUT2D eigenvalue weighted by Crippen LogP contribution is -1.84. The highest BCUT2D eigenvalue weighted by molar-refractivity contribution is 7.80. The maximum atomic E-state index is 10.3. The van der Waals surface area contributed by atoms with Gasteiger partial charge in [0.2, 0.25) is 0 Å². The first-order valence-electron chi connectivity index (χ1n) is 3.18. The van der Waals surface area contributed by atoms with Crippen LogP contribution in [0, 0.1) is 0 Å². The van der Waals surface area contributed by atoms with E-state index in [2.05, 4.69) is 19.2 Å². The quantitative estimate of drug-likeness (QED) is 0.403. The summed E-state index contributed by atoms with van der Waals surface area (Å²) in [5, 5.41) is 0. The Kier molecular flexibility index (Phi) is 2.49. The van der Waals surface area contributed by atoms with E-state index in [-0.39, 0.29) is 0 Å². The van der Waals surface area contributed by atoms with Crippen molar-refractivity contribution in [2.45, 2.75) is 4.90 Å². The lowest BCUT2D eigenvalue weighted by molar-refractivity contribution is -0.103. The van der Waals surface area contributed by atoms with Crippen LogP contribution in [0.15, 0.2) is 35.7 Å². The Balaban J connectivity index is 3.13. The van der Waals surface area contributed by atoms with Crippen molar-refractivity contribution < 1.29 is 4.79 Å². The average molecular weight is 164 g/mol. The molecule has 1 aromatic rings. The van der Waals surface area contributed by atoms with Gasteiger partial charge in [0.1, 0.15) is 6.29 Å². The SMILES string of the molecule is C=C(C=O)c1ccccc1S. The second kappa shape index (κ2) is 3.39. The average Bonchev–Trinajstić information content (AvgIpc) is 2.04. The summed E-state index contributed by atoms with van der Waals surface area (Å²) < 4.78 is 0. The molecule has 0 saturated heterocycles. The maximum Gasteiger partial charge on any atom is 0.150 e. The fraction of sp³-hybridized carbons (Fsp3) is 0. The Labute approximate surface area is 71.2 Å². The first kappa shape index (κ1) is 8.08. The fourth-order valence-electron chi connectivity index (χ4n) is 0.809. The molecule has 0 heterocycles. The second-order valence-electron chi connectivity index (χ2n) is 2.16. The Morgan fingerprint density at radius 3 is 2.64 bits per heavy atom. The van der Waals surface area contributed by atoms with Gasteiger partial charge in [0.25, 0.3) is 0 Å². The van der Waals surface area contributed by atoms with E-state index < -0.39 is 0 Å². The highest BCUT2D eigenvalue weighted by atomic mass is 32.1. The van der Waals surface area contributed by atoms with Crippen LogP contribution in [0.5, 0.6) is 0 Å². The van der Waals surface area contributed by atoms with Crippen LogP contribution in [0.3, 0.4) is 0 Å². The fourth-order valence-corrected chi connectivity index (χ4v) is 1.11. The lowest BCUT2D eigenvalue weighted by Gasteiger charge is -2.00. The van der Waals surface area contributed by atoms with Crippen molar-refractivity contribution >= 4 is 24.5 Å². The number of benzene rings is 1. The van der Waals surface area contributed by atoms with Gasteiger partial charge in [0.05, 0.1) is 0 Å². The summed E-state index contributed by atoms with van der Waals surface area (Å²) in [5.74, 6) is 0. The third-order valence-electron chi connectivity index (χ3n) is 1.39. The molecule has 0 aliphatic carbocycles. The zero-order valence-electron chi connectivity index (χ0n) is 5.95. The molecule has 0 radical (unpaired) electrons. The number of allylic oxidation sites excluding steroid dienone is 1. The molecule has 0 N–H and O–H groups in total. The minimum absolute atomic E-state index is 0.468. The summed E-state index contributed by atoms with van der Waals surface area (Å²) in [6.45, 7) is 3.59. The van der Waals surface area contributed by atoms with Gasteiger partial charge in [-0.1, -0.05) is 24.8 Å². The minimum atomic E-state index is 0.468. The molecule has 0 atom stereocenters. The molecular weight excluding hydrogens is 156 g/mol. The van der Waals surface area contributed by atoms with E-state index in [0.29, 0.717) is 5.57 Å². The molecular formula is C9H8OS. The van der Waals surface area contributed by atoms with Gasteiger partial charge in [-0.2, -0.15) is 0 Å². The third kappa shape index (κ3) is 1.71. The Hall–Kier alpha value is -1.02. The molecule has 0 amide bonds. The number of hydrogen-bond acceptors (Lipinski definition) is 2. The lowest BCUT2D eigenvalue weighted by atomic mass is 10.1. The summed E-state index contributed by atoms with van der Waals surface area (Å²) in [7, 11) is 0. The molecule has 0 aliphatic rings. The zero-order chi connectivity index (χ0) is 8.27. The summed E-state index contributed by atoms with van der Waals surface area (Å²) >= 11 is 4.17. The summed E-state index contributed by atoms with van der Waals surface area (Å²) in [5.41, 5.74) is 1.27. The number of thiol groups is 1. The van der Waals surface area contributed by atoms with Gasteiger partial charge >= 0.3 is 0 Å². The van der Waals surface area contributed by atoms with E-state index in [9.17, 15) is 4.79 Å². The maximum absolute atomic E-state index is 10.3. The van der Waals surface area contributed by atoms with E-state index in [4.69, 9.17) is 0 Å². The van der Waals surface area contributed by atoms with E-state index in [1.54, 1.807) is 0 Å². The molecule has 2 heteroatoms. The van der Waals surface area contributed by atoms with Crippen molar-refractivity contribution in [3.8, 4) is 0 Å². The predicted molar refractivity (Wildman–Crippen MR) is 48.8 cm³/mol. The van der Waals surface area contributed by atoms with Crippen LogP contribution in [-0.2, 0) is 4.79 Å². The molecule has 1 rings (SSSR count). The molecule has 0 spiro atoms. The van der Waals surface area contributed by atoms with E-state index in [1.807, 2.05) is 24.3 Å². The molecule has 0 saturated carbocycles. The Morgan fingerprint density at radius 1 is 1.45 bits per heavy atom. The smallest absolute Gasteiger partial charge is 0.150 e. The van der Waals surface area contributed by atoms with Gasteiger partial charge in [-0.15, -0.1) is 12.6 Å². The van der Waals surface area contributed by atoms with Crippen LogP contribution in [0.4, 0.5) is 0 Å². The monoisotopic (exact) mass is 164 g/mol. The molecule has 0 fully saturated rings. The van der Waals surface area contributed by atoms with Crippen LogP contribution < -0.4 is 0 Å². The van der Waals surface area contributed by atoms with E-state index in [1.165, 1.54) is 0 Å². The Morgan fingerprint density at radius 2 is 2.09 bits per heavy atom. The highest BCUT2D eigenvalue weighted by Crippen LogP contribution is 2.18. The molecule has 0 aromatic heterocycles. The van der Waals surface area contributed by atoms with Gasteiger partial charge in [-0.25, -0.2) is 0 Å². The molecule has 0 bridgehead atoms. The highest BCUT2D eigenvalue weighted by Gasteiger charge is 1.99. The normalized spacial score (nSPS) is 9.18. The topological polar surface area (TPSA) is 17.1 Å². The third-order valence-corrected chi connectivity index (χ3v) is 1.78. The van der Waals surface area contributed by atoms with Crippen LogP contribution >= 0.6 is 12.6 Å². The molecule has 0 unspecified atom stereocenters. The summed E-state index contributed by atoms with van der Waals surface area (Å²) in [6, 6.07) is 7.36. The number of aldehydes is 1. The number of rotatable bonds is 2. The largest absolute Gasteiger partial charge is 0.298 e. The first-order chi connectivity index (χ1) is 5.25. The van der Waals surface area contributed by atoms with Crippen molar-refractivity contribution in [3.63, 3.8) is 0 Å². The summed E-state index contributed by atoms with van der Waals surface area (Å²) in [6.07, 6.45) is 0.731. The van der Waals surface area contributed by atoms with Crippen molar-refractivity contribution in [2.75, 3.05) is 0 Å². The van der Waals surface area contributed by atoms with Crippen molar-refractivity contribution in [3.05, 3.63) is 36.4 Å². The van der Waals surface area contributed by atoms with Crippen LogP contribution in [0.1, 0.15) is 5.56 Å². The van der Waals surface area contributed by atoms with Crippen molar-refractivity contribution in [2.24, 2.45) is 0 Å². The molecule has 56 valence electrons. The van der Waals surface area contributed by atoms with Gasteiger partial charge < -0.3 is 0 Å². The summed E-state index contributed by atoms with van der Waals surface area (Å²) in [4.78, 5) is 11.1. The standard InChI is InChI=1S/C9H8OS/c1-7(6-10)8-4-2-3-5-9(8)11/h2-6,11H,1H2. The molecule has 11 heavy (non-hydrogen) atoms. The molecule has 1 nitrogen and oxygen atoms in total. The van der Waals surface area contributed by atoms with Crippen LogP contribution in [-0.4, -0.2) is 6.29 Å². The molecule has 0 aliphatic heterocycles. The number of carbonyl (C=O) groups is 1.